The number of carboxylic acids is 3. The first-order valence-corrected chi connectivity index (χ1v) is 26.8. The van der Waals surface area contributed by atoms with Gasteiger partial charge in [-0.3, -0.25) is 43.2 Å². The van der Waals surface area contributed by atoms with Crippen LogP contribution in [0.1, 0.15) is 186 Å². The molecule has 0 aliphatic rings. The zero-order valence-electron chi connectivity index (χ0n) is 46.6. The number of aliphatic hydroxyl groups is 1. The van der Waals surface area contributed by atoms with Gasteiger partial charge in [-0.15, -0.1) is 0 Å². The summed E-state index contributed by atoms with van der Waals surface area (Å²) in [4.78, 5) is 132. The average Bonchev–Trinajstić information content (AvgIpc) is 3.26. The van der Waals surface area contributed by atoms with Gasteiger partial charge in [0.2, 0.25) is 41.4 Å². The van der Waals surface area contributed by atoms with Crippen molar-refractivity contribution in [3.8, 4) is 0 Å². The molecule has 11 N–H and O–H groups in total. The van der Waals surface area contributed by atoms with E-state index in [-0.39, 0.29) is 62.2 Å². The van der Waals surface area contributed by atoms with Crippen molar-refractivity contribution in [1.29, 1.82) is 0 Å². The Morgan fingerprint density at radius 3 is 1.22 bits per heavy atom. The molecule has 0 unspecified atom stereocenters. The first kappa shape index (κ1) is 68.7. The lowest BCUT2D eigenvalue weighted by atomic mass is 9.91. The van der Waals surface area contributed by atoms with Crippen LogP contribution < -0.4 is 37.2 Å². The fourth-order valence-electron chi connectivity index (χ4n) is 8.45. The van der Waals surface area contributed by atoms with Gasteiger partial charge in [0.1, 0.15) is 42.3 Å². The summed E-state index contributed by atoms with van der Waals surface area (Å²) < 4.78 is 0. The number of rotatable bonds is 39. The van der Waals surface area contributed by atoms with E-state index in [9.17, 15) is 68.4 Å². The molecule has 7 amide bonds. The minimum absolute atomic E-state index is 0.0419. The van der Waals surface area contributed by atoms with Crippen molar-refractivity contribution in [2.24, 2.45) is 41.4 Å². The molecule has 0 aromatic carbocycles. The van der Waals surface area contributed by atoms with Crippen molar-refractivity contribution >= 4 is 59.3 Å². The number of hydrogen-bond donors (Lipinski definition) is 11. The molecule has 0 spiro atoms. The highest BCUT2D eigenvalue weighted by Gasteiger charge is 2.36. The van der Waals surface area contributed by atoms with E-state index in [1.54, 1.807) is 69.2 Å². The second-order valence-electron chi connectivity index (χ2n) is 22.4. The molecular weight excluding hydrogens is 959 g/mol. The summed E-state index contributed by atoms with van der Waals surface area (Å²) in [5.74, 6) is -10.0. The summed E-state index contributed by atoms with van der Waals surface area (Å²) in [5.41, 5.74) is 0. The van der Waals surface area contributed by atoms with Gasteiger partial charge in [-0.25, -0.2) is 4.79 Å². The third kappa shape index (κ3) is 30.1. The molecule has 0 aliphatic heterocycles. The second kappa shape index (κ2) is 35.8. The molecule has 0 bridgehead atoms. The van der Waals surface area contributed by atoms with E-state index >= 15 is 0 Å². The lowest BCUT2D eigenvalue weighted by Crippen LogP contribution is -2.61. The summed E-state index contributed by atoms with van der Waals surface area (Å²) in [6.45, 7) is 24.0. The number of unbranched alkanes of at least 4 members (excludes halogenated alkanes) is 2. The van der Waals surface area contributed by atoms with Gasteiger partial charge in [-0.2, -0.15) is 0 Å². The Balaban J connectivity index is 6.28. The van der Waals surface area contributed by atoms with Crippen molar-refractivity contribution in [2.45, 2.75) is 235 Å². The molecule has 10 atom stereocenters. The van der Waals surface area contributed by atoms with Gasteiger partial charge < -0.3 is 57.6 Å². The first-order chi connectivity index (χ1) is 34.4. The Kier molecular flexibility index (Phi) is 33.2. The number of amides is 7. The summed E-state index contributed by atoms with van der Waals surface area (Å²) in [6, 6.07) is -9.66. The maximum absolute atomic E-state index is 14.1. The van der Waals surface area contributed by atoms with Gasteiger partial charge >= 0.3 is 17.9 Å². The molecule has 0 saturated carbocycles. The van der Waals surface area contributed by atoms with Crippen molar-refractivity contribution in [2.75, 3.05) is 0 Å². The normalized spacial score (nSPS) is 15.7. The maximum Gasteiger partial charge on any atom is 0.326 e. The summed E-state index contributed by atoms with van der Waals surface area (Å²) in [5, 5.41) is 57.3. The molecule has 0 saturated heterocycles. The van der Waals surface area contributed by atoms with Gasteiger partial charge in [0.25, 0.3) is 0 Å². The van der Waals surface area contributed by atoms with Crippen LogP contribution in [0, 0.1) is 41.4 Å². The van der Waals surface area contributed by atoms with E-state index < -0.39 is 126 Å². The van der Waals surface area contributed by atoms with E-state index in [0.29, 0.717) is 24.7 Å². The molecule has 74 heavy (non-hydrogen) atoms. The van der Waals surface area contributed by atoms with Crippen LogP contribution in [-0.4, -0.2) is 128 Å². The summed E-state index contributed by atoms with van der Waals surface area (Å²) >= 11 is 0. The van der Waals surface area contributed by atoms with Gasteiger partial charge in [-0.05, 0) is 86.4 Å². The molecule has 0 aromatic heterocycles. The van der Waals surface area contributed by atoms with Crippen LogP contribution in [0.3, 0.4) is 0 Å². The van der Waals surface area contributed by atoms with Gasteiger partial charge in [0.15, 0.2) is 0 Å². The Morgan fingerprint density at radius 2 is 0.797 bits per heavy atom. The van der Waals surface area contributed by atoms with E-state index in [1.165, 1.54) is 0 Å². The molecule has 0 fully saturated rings. The number of aliphatic hydroxyl groups excluding tert-OH is 1. The third-order valence-electron chi connectivity index (χ3n) is 12.6. The topological polar surface area (TPSA) is 336 Å². The van der Waals surface area contributed by atoms with Crippen molar-refractivity contribution in [3.63, 3.8) is 0 Å². The van der Waals surface area contributed by atoms with Gasteiger partial charge in [0.05, 0.1) is 18.9 Å². The van der Waals surface area contributed by atoms with E-state index in [2.05, 4.69) is 58.0 Å². The number of carbonyl (C=O) groups excluding carboxylic acids is 7. The van der Waals surface area contributed by atoms with Crippen LogP contribution >= 0.6 is 0 Å². The SMILES string of the molecule is CC[C@H](C)C[C@H](C)CCCCC[C@@H](O)CC(=O)N[C@@H](CCC(=O)O)C(=O)N[C@@H](CC(C)C)C(=O)N[C@@H](CC(C)C)C(=O)N[C@@H](C(=O)N[C@@H](CC(=O)O)C(=O)N[C@@H](CC(C)C)C(=O)N[C@@H](CC(C)C)C(=O)O)C(C)C. The van der Waals surface area contributed by atoms with Crippen LogP contribution in [0.15, 0.2) is 0 Å². The summed E-state index contributed by atoms with van der Waals surface area (Å²) in [6.07, 6.45) is 3.52. The molecular formula is C53H95N7O14. The number of carbonyl (C=O) groups is 10. The molecule has 21 nitrogen and oxygen atoms in total. The number of carboxylic acid groups (broad SMARTS) is 3. The molecule has 21 heteroatoms. The Bertz CT molecular complexity index is 1810. The lowest BCUT2D eigenvalue weighted by molar-refractivity contribution is -0.143. The number of nitrogens with one attached hydrogen (secondary N) is 7. The van der Waals surface area contributed by atoms with Crippen LogP contribution in [0.2, 0.25) is 0 Å². The molecule has 0 aliphatic carbocycles. The Labute approximate surface area is 439 Å². The van der Waals surface area contributed by atoms with Crippen LogP contribution in [-0.2, 0) is 47.9 Å². The molecule has 0 radical (unpaired) electrons. The predicted molar refractivity (Wildman–Crippen MR) is 280 cm³/mol. The van der Waals surface area contributed by atoms with Gasteiger partial charge in [0, 0.05) is 6.42 Å². The highest BCUT2D eigenvalue weighted by Crippen LogP contribution is 2.21. The number of aliphatic carboxylic acids is 3. The van der Waals surface area contributed by atoms with Crippen molar-refractivity contribution in [3.05, 3.63) is 0 Å². The van der Waals surface area contributed by atoms with Crippen LogP contribution in [0.25, 0.3) is 0 Å². The summed E-state index contributed by atoms with van der Waals surface area (Å²) in [7, 11) is 0. The van der Waals surface area contributed by atoms with E-state index in [1.807, 2.05) is 0 Å². The fourth-order valence-corrected chi connectivity index (χ4v) is 8.45. The molecule has 0 rings (SSSR count). The monoisotopic (exact) mass is 1050 g/mol. The fraction of sp³-hybridized carbons (Fsp3) is 0.811. The van der Waals surface area contributed by atoms with E-state index in [0.717, 1.165) is 32.1 Å². The third-order valence-corrected chi connectivity index (χ3v) is 12.6. The minimum Gasteiger partial charge on any atom is -0.481 e. The highest BCUT2D eigenvalue weighted by atomic mass is 16.4. The molecule has 426 valence electrons. The Hall–Kier alpha value is -5.34. The van der Waals surface area contributed by atoms with Gasteiger partial charge in [-0.1, -0.05) is 122 Å². The lowest BCUT2D eigenvalue weighted by Gasteiger charge is -2.29. The highest BCUT2D eigenvalue weighted by molar-refractivity contribution is 5.98. The number of hydrogen-bond acceptors (Lipinski definition) is 11. The molecule has 0 aromatic rings. The zero-order chi connectivity index (χ0) is 57.0. The maximum atomic E-state index is 14.1. The average molecular weight is 1050 g/mol. The van der Waals surface area contributed by atoms with Crippen molar-refractivity contribution in [1.82, 2.24) is 37.2 Å². The predicted octanol–water partition coefficient (Wildman–Crippen LogP) is 4.42. The molecule has 0 heterocycles. The van der Waals surface area contributed by atoms with Crippen molar-refractivity contribution < 1.29 is 68.4 Å². The quantitative estimate of drug-likeness (QED) is 0.0380. The van der Waals surface area contributed by atoms with Crippen LogP contribution in [0.4, 0.5) is 0 Å². The second-order valence-corrected chi connectivity index (χ2v) is 22.4. The minimum atomic E-state index is -1.75. The zero-order valence-corrected chi connectivity index (χ0v) is 46.6. The van der Waals surface area contributed by atoms with E-state index in [4.69, 9.17) is 0 Å². The largest absolute Gasteiger partial charge is 0.481 e. The van der Waals surface area contributed by atoms with Crippen LogP contribution in [0.5, 0.6) is 0 Å². The smallest absolute Gasteiger partial charge is 0.326 e. The standard InChI is InChI=1S/C53H95N7O14/c1-14-34(12)26-35(13)18-16-15-17-19-36(61)27-43(62)54-37(20-21-44(63)64)47(67)55-38(22-29(2)3)48(68)57-40(24-31(6)7)51(71)60-46(33(10)11)52(72)58-41(28-45(65)66)50(70)56-39(23-30(4)5)49(69)59-42(53(73)74)25-32(8)9/h29-42,46,61H,14-28H2,1-13H3,(H,54,62)(H,55,67)(H,56,70)(H,57,68)(H,58,72)(H,59,69)(H,60,71)(H,63,64)(H,65,66)(H,73,74)/t34-,35+,36+,37-,38-,39-,40-,41-,42-,46+/m0/s1. The first-order valence-electron chi connectivity index (χ1n) is 26.8. The Morgan fingerprint density at radius 1 is 0.392 bits per heavy atom.